The van der Waals surface area contributed by atoms with Gasteiger partial charge in [-0.2, -0.15) is 0 Å². The van der Waals surface area contributed by atoms with E-state index in [1.165, 1.54) is 17.5 Å². The Morgan fingerprint density at radius 3 is 2.77 bits per heavy atom. The van der Waals surface area contributed by atoms with Crippen LogP contribution in [0, 0.1) is 0 Å². The second-order valence-electron chi connectivity index (χ2n) is 6.60. The van der Waals surface area contributed by atoms with Crippen molar-refractivity contribution in [3.63, 3.8) is 0 Å². The van der Waals surface area contributed by atoms with E-state index in [-0.39, 0.29) is 11.8 Å². The molecule has 4 aromatic rings. The second kappa shape index (κ2) is 8.64. The number of carbonyl (C=O) groups is 2. The van der Waals surface area contributed by atoms with Crippen LogP contribution in [0.25, 0.3) is 11.0 Å². The Bertz CT molecular complexity index is 1200. The van der Waals surface area contributed by atoms with Crippen molar-refractivity contribution < 1.29 is 9.59 Å². The molecule has 9 heteroatoms. The molecule has 0 bridgehead atoms. The molecule has 152 valence electrons. The molecule has 3 aromatic heterocycles. The minimum Gasteiger partial charge on any atom is -0.352 e. The monoisotopic (exact) mass is 439 g/mol. The maximum absolute atomic E-state index is 12.2. The fourth-order valence-corrected chi connectivity index (χ4v) is 3.78. The summed E-state index contributed by atoms with van der Waals surface area (Å²) in [5, 5.41) is 7.97. The Balaban J connectivity index is 1.42. The number of halogens is 1. The summed E-state index contributed by atoms with van der Waals surface area (Å²) in [7, 11) is 1.93. The first kappa shape index (κ1) is 20.1. The standard InChI is InChI=1S/C21H18ClN5O2S/c1-27-16-6-5-14(25-21(29)17-3-2-10-30-17)11-15(16)26-19(27)8-9-23-20(28)13-4-7-18(22)24-12-13/h2-7,10-12H,8-9H2,1H3,(H,23,28)(H,25,29). The SMILES string of the molecule is Cn1c(CCNC(=O)c2ccc(Cl)nc2)nc2cc(NC(=O)c3cccs3)ccc21. The molecule has 0 aliphatic heterocycles. The number of hydrogen-bond donors (Lipinski definition) is 2. The van der Waals surface area contributed by atoms with E-state index >= 15 is 0 Å². The summed E-state index contributed by atoms with van der Waals surface area (Å²) >= 11 is 7.14. The van der Waals surface area contributed by atoms with E-state index < -0.39 is 0 Å². The lowest BCUT2D eigenvalue weighted by Gasteiger charge is -2.06. The fourth-order valence-electron chi connectivity index (χ4n) is 3.05. The normalized spacial score (nSPS) is 10.9. The van der Waals surface area contributed by atoms with Gasteiger partial charge in [0.1, 0.15) is 11.0 Å². The van der Waals surface area contributed by atoms with E-state index in [1.807, 2.05) is 41.3 Å². The van der Waals surface area contributed by atoms with Gasteiger partial charge in [-0.05, 0) is 41.8 Å². The Kier molecular flexibility index (Phi) is 5.78. The van der Waals surface area contributed by atoms with E-state index in [2.05, 4.69) is 20.6 Å². The van der Waals surface area contributed by atoms with Crippen molar-refractivity contribution in [2.45, 2.75) is 6.42 Å². The Hall–Kier alpha value is -3.23. The zero-order valence-corrected chi connectivity index (χ0v) is 17.6. The van der Waals surface area contributed by atoms with Crippen molar-refractivity contribution >= 4 is 51.5 Å². The van der Waals surface area contributed by atoms with Crippen LogP contribution in [-0.4, -0.2) is 32.9 Å². The number of rotatable bonds is 6. The molecule has 0 aliphatic carbocycles. The fraction of sp³-hybridized carbons (Fsp3) is 0.143. The number of carbonyl (C=O) groups excluding carboxylic acids is 2. The Morgan fingerprint density at radius 2 is 2.03 bits per heavy atom. The molecule has 1 aromatic carbocycles. The minimum absolute atomic E-state index is 0.139. The number of fused-ring (bicyclic) bond motifs is 1. The maximum Gasteiger partial charge on any atom is 0.265 e. The van der Waals surface area contributed by atoms with Gasteiger partial charge in [0.05, 0.1) is 21.5 Å². The quantitative estimate of drug-likeness (QED) is 0.446. The summed E-state index contributed by atoms with van der Waals surface area (Å²) in [6, 6.07) is 12.5. The molecule has 0 radical (unpaired) electrons. The first-order chi connectivity index (χ1) is 14.5. The summed E-state index contributed by atoms with van der Waals surface area (Å²) in [4.78, 5) is 33.7. The van der Waals surface area contributed by atoms with Gasteiger partial charge in [0.15, 0.2) is 0 Å². The topological polar surface area (TPSA) is 88.9 Å². The van der Waals surface area contributed by atoms with Crippen LogP contribution in [0.5, 0.6) is 0 Å². The van der Waals surface area contributed by atoms with Gasteiger partial charge in [-0.3, -0.25) is 9.59 Å². The van der Waals surface area contributed by atoms with E-state index in [0.717, 1.165) is 16.9 Å². The number of hydrogen-bond acceptors (Lipinski definition) is 5. The van der Waals surface area contributed by atoms with Crippen LogP contribution in [0.1, 0.15) is 25.9 Å². The highest BCUT2D eigenvalue weighted by Gasteiger charge is 2.12. The van der Waals surface area contributed by atoms with Crippen molar-refractivity contribution in [1.29, 1.82) is 0 Å². The van der Waals surface area contributed by atoms with Gasteiger partial charge in [0.2, 0.25) is 0 Å². The minimum atomic E-state index is -0.212. The smallest absolute Gasteiger partial charge is 0.265 e. The van der Waals surface area contributed by atoms with Gasteiger partial charge in [0.25, 0.3) is 11.8 Å². The summed E-state index contributed by atoms with van der Waals surface area (Å²) in [5.74, 6) is 0.484. The number of nitrogens with one attached hydrogen (secondary N) is 2. The lowest BCUT2D eigenvalue weighted by atomic mass is 10.2. The first-order valence-electron chi connectivity index (χ1n) is 9.21. The number of pyridine rings is 1. The molecule has 0 fully saturated rings. The van der Waals surface area contributed by atoms with Crippen LogP contribution in [0.4, 0.5) is 5.69 Å². The number of imidazole rings is 1. The van der Waals surface area contributed by atoms with E-state index in [4.69, 9.17) is 11.6 Å². The van der Waals surface area contributed by atoms with Gasteiger partial charge < -0.3 is 15.2 Å². The Morgan fingerprint density at radius 1 is 1.17 bits per heavy atom. The average molecular weight is 440 g/mol. The lowest BCUT2D eigenvalue weighted by molar-refractivity contribution is 0.0952. The molecule has 0 saturated carbocycles. The highest BCUT2D eigenvalue weighted by atomic mass is 35.5. The molecule has 4 rings (SSSR count). The third-order valence-electron chi connectivity index (χ3n) is 4.60. The predicted octanol–water partition coefficient (Wildman–Crippen LogP) is 3.91. The molecular formula is C21H18ClN5O2S. The summed E-state index contributed by atoms with van der Waals surface area (Å²) in [6.07, 6.45) is 2.01. The van der Waals surface area contributed by atoms with Crippen LogP contribution >= 0.6 is 22.9 Å². The van der Waals surface area contributed by atoms with E-state index in [9.17, 15) is 9.59 Å². The number of nitrogens with zero attached hydrogens (tertiary/aromatic N) is 3. The molecule has 30 heavy (non-hydrogen) atoms. The van der Waals surface area contributed by atoms with Gasteiger partial charge in [0, 0.05) is 31.9 Å². The first-order valence-corrected chi connectivity index (χ1v) is 10.5. The Labute approximate surface area is 181 Å². The molecule has 0 spiro atoms. The lowest BCUT2D eigenvalue weighted by Crippen LogP contribution is -2.26. The van der Waals surface area contributed by atoms with Crippen molar-refractivity contribution in [2.75, 3.05) is 11.9 Å². The second-order valence-corrected chi connectivity index (χ2v) is 7.93. The average Bonchev–Trinajstić information content (AvgIpc) is 3.37. The molecule has 2 N–H and O–H groups in total. The molecule has 7 nitrogen and oxygen atoms in total. The number of amides is 2. The van der Waals surface area contributed by atoms with Crippen LogP contribution in [0.2, 0.25) is 5.15 Å². The van der Waals surface area contributed by atoms with Crippen LogP contribution in [0.3, 0.4) is 0 Å². The number of anilines is 1. The summed E-state index contributed by atoms with van der Waals surface area (Å²) < 4.78 is 1.98. The highest BCUT2D eigenvalue weighted by Crippen LogP contribution is 2.21. The molecular weight excluding hydrogens is 422 g/mol. The van der Waals surface area contributed by atoms with Crippen molar-refractivity contribution in [2.24, 2.45) is 7.05 Å². The number of thiophene rings is 1. The van der Waals surface area contributed by atoms with Gasteiger partial charge in [-0.15, -0.1) is 11.3 Å². The van der Waals surface area contributed by atoms with Crippen LogP contribution < -0.4 is 10.6 Å². The van der Waals surface area contributed by atoms with E-state index in [1.54, 1.807) is 18.2 Å². The third-order valence-corrected chi connectivity index (χ3v) is 5.69. The molecule has 3 heterocycles. The zero-order valence-electron chi connectivity index (χ0n) is 16.1. The molecule has 0 atom stereocenters. The summed E-state index contributed by atoms with van der Waals surface area (Å²) in [5.41, 5.74) is 2.88. The molecule has 2 amide bonds. The maximum atomic E-state index is 12.2. The van der Waals surface area contributed by atoms with Gasteiger partial charge in [-0.1, -0.05) is 17.7 Å². The largest absolute Gasteiger partial charge is 0.352 e. The third kappa shape index (κ3) is 4.34. The number of benzene rings is 1. The van der Waals surface area contributed by atoms with Crippen LogP contribution in [-0.2, 0) is 13.5 Å². The predicted molar refractivity (Wildman–Crippen MR) is 118 cm³/mol. The molecule has 0 saturated heterocycles. The van der Waals surface area contributed by atoms with Crippen LogP contribution in [0.15, 0.2) is 54.0 Å². The van der Waals surface area contributed by atoms with Gasteiger partial charge in [-0.25, -0.2) is 9.97 Å². The zero-order chi connectivity index (χ0) is 21.1. The van der Waals surface area contributed by atoms with Crippen molar-refractivity contribution in [3.8, 4) is 0 Å². The van der Waals surface area contributed by atoms with Crippen molar-refractivity contribution in [1.82, 2.24) is 19.9 Å². The van der Waals surface area contributed by atoms with Gasteiger partial charge >= 0.3 is 0 Å². The molecule has 0 aliphatic rings. The van der Waals surface area contributed by atoms with Crippen molar-refractivity contribution in [3.05, 3.63) is 75.5 Å². The summed E-state index contributed by atoms with van der Waals surface area (Å²) in [6.45, 7) is 0.431. The number of aromatic nitrogens is 3. The highest BCUT2D eigenvalue weighted by molar-refractivity contribution is 7.12. The molecule has 0 unspecified atom stereocenters. The number of aryl methyl sites for hydroxylation is 1. The van der Waals surface area contributed by atoms with E-state index in [0.29, 0.717) is 34.2 Å².